The zero-order chi connectivity index (χ0) is 20.2. The second-order valence-electron chi connectivity index (χ2n) is 7.92. The van der Waals surface area contributed by atoms with Gasteiger partial charge in [-0.2, -0.15) is 0 Å². The van der Waals surface area contributed by atoms with Gasteiger partial charge in [0.15, 0.2) is 5.96 Å². The zero-order valence-corrected chi connectivity index (χ0v) is 18.2. The average molecular weight is 390 g/mol. The maximum Gasteiger partial charge on any atom is 0.191 e. The Morgan fingerprint density at radius 3 is 2.54 bits per heavy atom. The van der Waals surface area contributed by atoms with Crippen LogP contribution in [-0.2, 0) is 11.3 Å². The van der Waals surface area contributed by atoms with Crippen LogP contribution in [0.3, 0.4) is 0 Å². The van der Waals surface area contributed by atoms with Crippen molar-refractivity contribution in [3.8, 4) is 0 Å². The molecule has 0 radical (unpaired) electrons. The molecule has 1 atom stereocenters. The summed E-state index contributed by atoms with van der Waals surface area (Å²) in [6, 6.07) is 11.1. The molecule has 6 nitrogen and oxygen atoms in total. The van der Waals surface area contributed by atoms with Crippen LogP contribution >= 0.6 is 0 Å². The van der Waals surface area contributed by atoms with Gasteiger partial charge in [-0.15, -0.1) is 0 Å². The van der Waals surface area contributed by atoms with Gasteiger partial charge in [-0.25, -0.2) is 0 Å². The second-order valence-corrected chi connectivity index (χ2v) is 7.92. The monoisotopic (exact) mass is 389 g/mol. The molecule has 0 bridgehead atoms. The van der Waals surface area contributed by atoms with Crippen LogP contribution in [0.25, 0.3) is 0 Å². The zero-order valence-electron chi connectivity index (χ0n) is 18.2. The van der Waals surface area contributed by atoms with E-state index in [1.54, 1.807) is 0 Å². The lowest BCUT2D eigenvalue weighted by Gasteiger charge is -2.37. The Kier molecular flexibility index (Phi) is 10.3. The van der Waals surface area contributed by atoms with Gasteiger partial charge in [0.25, 0.3) is 0 Å². The lowest BCUT2D eigenvalue weighted by molar-refractivity contribution is 0.00752. The van der Waals surface area contributed by atoms with Crippen molar-refractivity contribution in [2.75, 3.05) is 60.0 Å². The Morgan fingerprint density at radius 1 is 1.18 bits per heavy atom. The number of aliphatic imine (C=N–C) groups is 1. The highest BCUT2D eigenvalue weighted by atomic mass is 16.5. The summed E-state index contributed by atoms with van der Waals surface area (Å²) in [5.74, 6) is 1.49. The minimum absolute atomic E-state index is 0.499. The minimum Gasteiger partial charge on any atom is -0.379 e. The third kappa shape index (κ3) is 8.17. The Hall–Kier alpha value is -1.63. The number of ether oxygens (including phenoxy) is 1. The standard InChI is InChI=1S/C22H39N5O/c1-19(2)21(27-13-15-28-16-14-27)17-25-22(23-3)24-11-8-12-26(4)18-20-9-6-5-7-10-20/h5-7,9-10,19,21H,8,11-18H2,1-4H3,(H2,23,24,25). The molecular formula is C22H39N5O. The van der Waals surface area contributed by atoms with E-state index in [-0.39, 0.29) is 0 Å². The first-order chi connectivity index (χ1) is 13.6. The van der Waals surface area contributed by atoms with E-state index >= 15 is 0 Å². The maximum atomic E-state index is 5.50. The average Bonchev–Trinajstić information content (AvgIpc) is 2.71. The van der Waals surface area contributed by atoms with E-state index in [1.807, 2.05) is 7.05 Å². The number of nitrogens with zero attached hydrogens (tertiary/aromatic N) is 3. The molecular weight excluding hydrogens is 350 g/mol. The van der Waals surface area contributed by atoms with Crippen LogP contribution in [0.1, 0.15) is 25.8 Å². The SMILES string of the molecule is CN=C(NCCCN(C)Cc1ccccc1)NCC(C(C)C)N1CCOCC1. The first-order valence-electron chi connectivity index (χ1n) is 10.6. The largest absolute Gasteiger partial charge is 0.379 e. The number of nitrogens with one attached hydrogen (secondary N) is 2. The molecule has 0 saturated carbocycles. The molecule has 1 unspecified atom stereocenters. The normalized spacial score (nSPS) is 17.1. The third-order valence-corrected chi connectivity index (χ3v) is 5.29. The number of rotatable bonds is 10. The van der Waals surface area contributed by atoms with Crippen molar-refractivity contribution < 1.29 is 4.74 Å². The summed E-state index contributed by atoms with van der Waals surface area (Å²) in [5.41, 5.74) is 1.36. The lowest BCUT2D eigenvalue weighted by Crippen LogP contribution is -2.52. The van der Waals surface area contributed by atoms with Gasteiger partial charge in [-0.05, 0) is 31.5 Å². The highest BCUT2D eigenvalue weighted by Gasteiger charge is 2.23. The van der Waals surface area contributed by atoms with E-state index in [0.717, 1.165) is 64.9 Å². The highest BCUT2D eigenvalue weighted by molar-refractivity contribution is 5.79. The van der Waals surface area contributed by atoms with Gasteiger partial charge in [-0.3, -0.25) is 9.89 Å². The Bertz CT molecular complexity index is 557. The first-order valence-corrected chi connectivity index (χ1v) is 10.6. The molecule has 0 aromatic heterocycles. The van der Waals surface area contributed by atoms with Gasteiger partial charge in [0.2, 0.25) is 0 Å². The summed E-state index contributed by atoms with van der Waals surface area (Å²) >= 11 is 0. The van der Waals surface area contributed by atoms with Crippen LogP contribution in [0.5, 0.6) is 0 Å². The molecule has 0 amide bonds. The molecule has 1 fully saturated rings. The topological polar surface area (TPSA) is 52.1 Å². The van der Waals surface area contributed by atoms with Crippen LogP contribution < -0.4 is 10.6 Å². The lowest BCUT2D eigenvalue weighted by atomic mass is 10.0. The molecule has 2 rings (SSSR count). The summed E-state index contributed by atoms with van der Waals surface area (Å²) < 4.78 is 5.50. The van der Waals surface area contributed by atoms with Gasteiger partial charge < -0.3 is 20.3 Å². The molecule has 28 heavy (non-hydrogen) atoms. The maximum absolute atomic E-state index is 5.50. The molecule has 158 valence electrons. The molecule has 2 N–H and O–H groups in total. The van der Waals surface area contributed by atoms with Gasteiger partial charge in [0.05, 0.1) is 13.2 Å². The smallest absolute Gasteiger partial charge is 0.191 e. The van der Waals surface area contributed by atoms with Crippen molar-refractivity contribution in [3.63, 3.8) is 0 Å². The fourth-order valence-corrected chi connectivity index (χ4v) is 3.65. The van der Waals surface area contributed by atoms with Crippen LogP contribution in [0.15, 0.2) is 35.3 Å². The predicted molar refractivity (Wildman–Crippen MR) is 118 cm³/mol. The van der Waals surface area contributed by atoms with Gasteiger partial charge in [0.1, 0.15) is 0 Å². The van der Waals surface area contributed by atoms with Crippen molar-refractivity contribution in [1.29, 1.82) is 0 Å². The van der Waals surface area contributed by atoms with Crippen molar-refractivity contribution >= 4 is 5.96 Å². The Morgan fingerprint density at radius 2 is 1.89 bits per heavy atom. The summed E-state index contributed by atoms with van der Waals surface area (Å²) in [6.45, 7) is 12.2. The fraction of sp³-hybridized carbons (Fsp3) is 0.682. The number of hydrogen-bond donors (Lipinski definition) is 2. The summed E-state index contributed by atoms with van der Waals surface area (Å²) in [4.78, 5) is 9.28. The number of hydrogen-bond acceptors (Lipinski definition) is 4. The number of morpholine rings is 1. The van der Waals surface area contributed by atoms with E-state index in [4.69, 9.17) is 4.74 Å². The van der Waals surface area contributed by atoms with Gasteiger partial charge >= 0.3 is 0 Å². The van der Waals surface area contributed by atoms with Crippen molar-refractivity contribution in [2.24, 2.45) is 10.9 Å². The van der Waals surface area contributed by atoms with Gasteiger partial charge in [-0.1, -0.05) is 44.2 Å². The molecule has 1 aliphatic rings. The van der Waals surface area contributed by atoms with E-state index in [9.17, 15) is 0 Å². The molecule has 1 aliphatic heterocycles. The van der Waals surface area contributed by atoms with E-state index in [1.165, 1.54) is 5.56 Å². The molecule has 1 aromatic rings. The number of benzene rings is 1. The van der Waals surface area contributed by atoms with Gasteiger partial charge in [0, 0.05) is 45.8 Å². The van der Waals surface area contributed by atoms with Crippen LogP contribution in [0.2, 0.25) is 0 Å². The minimum atomic E-state index is 0.499. The van der Waals surface area contributed by atoms with E-state index in [0.29, 0.717) is 12.0 Å². The Balaban J connectivity index is 1.66. The van der Waals surface area contributed by atoms with Crippen LogP contribution in [-0.4, -0.2) is 81.8 Å². The predicted octanol–water partition coefficient (Wildman–Crippen LogP) is 2.03. The molecule has 1 heterocycles. The van der Waals surface area contributed by atoms with Crippen molar-refractivity contribution in [1.82, 2.24) is 20.4 Å². The number of guanidine groups is 1. The molecule has 1 aromatic carbocycles. The molecule has 6 heteroatoms. The summed E-state index contributed by atoms with van der Waals surface area (Å²) in [6.07, 6.45) is 1.08. The van der Waals surface area contributed by atoms with Crippen molar-refractivity contribution in [3.05, 3.63) is 35.9 Å². The first kappa shape index (κ1) is 22.7. The quantitative estimate of drug-likeness (QED) is 0.364. The fourth-order valence-electron chi connectivity index (χ4n) is 3.65. The second kappa shape index (κ2) is 12.8. The van der Waals surface area contributed by atoms with Crippen LogP contribution in [0, 0.1) is 5.92 Å². The highest BCUT2D eigenvalue weighted by Crippen LogP contribution is 2.12. The van der Waals surface area contributed by atoms with Crippen LogP contribution in [0.4, 0.5) is 0 Å². The Labute approximate surface area is 171 Å². The molecule has 0 aliphatic carbocycles. The summed E-state index contributed by atoms with van der Waals surface area (Å²) in [5, 5.41) is 6.97. The van der Waals surface area contributed by atoms with E-state index in [2.05, 4.69) is 76.7 Å². The summed E-state index contributed by atoms with van der Waals surface area (Å²) in [7, 11) is 4.02. The van der Waals surface area contributed by atoms with E-state index < -0.39 is 0 Å². The molecule has 0 spiro atoms. The molecule has 1 saturated heterocycles. The van der Waals surface area contributed by atoms with Crippen molar-refractivity contribution in [2.45, 2.75) is 32.9 Å². The third-order valence-electron chi connectivity index (χ3n) is 5.29.